The Bertz CT molecular complexity index is 596. The molecular weight excluding hydrogens is 297 g/mol. The minimum Gasteiger partial charge on any atom is -0.355 e. The first-order valence-corrected chi connectivity index (χ1v) is 7.94. The van der Waals surface area contributed by atoms with Gasteiger partial charge < -0.3 is 10.6 Å². The Morgan fingerprint density at radius 1 is 1.17 bits per heavy atom. The molecule has 1 saturated heterocycles. The van der Waals surface area contributed by atoms with Crippen molar-refractivity contribution >= 4 is 17.5 Å². The summed E-state index contributed by atoms with van der Waals surface area (Å²) in [5.41, 5.74) is -0.316. The maximum Gasteiger partial charge on any atom is 0.254 e. The number of anilines is 1. The molecule has 5 nitrogen and oxygen atoms in total. The summed E-state index contributed by atoms with van der Waals surface area (Å²) in [5, 5.41) is 5.18. The van der Waals surface area contributed by atoms with E-state index in [-0.39, 0.29) is 11.5 Å². The summed E-state index contributed by atoms with van der Waals surface area (Å²) in [4.78, 5) is 26.4. The molecule has 0 atom stereocenters. The third-order valence-corrected chi connectivity index (χ3v) is 4.40. The molecule has 0 unspecified atom stereocenters. The van der Waals surface area contributed by atoms with Crippen molar-refractivity contribution in [2.75, 3.05) is 25.5 Å². The molecule has 0 bridgehead atoms. The molecule has 2 N–H and O–H groups in total. The standard InChI is InChI=1S/C17H24FN3O2/c1-17(2,21-9-5-4-6-10-21)16(23)20-12-7-8-14(18)13(11-12)15(22)19-3/h7-8,11H,4-6,9-10H2,1-3H3,(H,19,22)(H,20,23). The van der Waals surface area contributed by atoms with Crippen molar-refractivity contribution in [3.63, 3.8) is 0 Å². The molecule has 2 amide bonds. The Morgan fingerprint density at radius 2 is 1.83 bits per heavy atom. The van der Waals surface area contributed by atoms with Crippen molar-refractivity contribution in [3.8, 4) is 0 Å². The lowest BCUT2D eigenvalue weighted by molar-refractivity contribution is -0.126. The van der Waals surface area contributed by atoms with Crippen molar-refractivity contribution in [2.45, 2.75) is 38.6 Å². The van der Waals surface area contributed by atoms with Gasteiger partial charge in [0.2, 0.25) is 5.91 Å². The summed E-state index contributed by atoms with van der Waals surface area (Å²) in [5.74, 6) is -1.29. The fraction of sp³-hybridized carbons (Fsp3) is 0.529. The van der Waals surface area contributed by atoms with Gasteiger partial charge in [-0.25, -0.2) is 4.39 Å². The molecule has 0 spiro atoms. The molecule has 1 aromatic rings. The van der Waals surface area contributed by atoms with Crippen LogP contribution < -0.4 is 10.6 Å². The van der Waals surface area contributed by atoms with Gasteiger partial charge in [0.15, 0.2) is 0 Å². The van der Waals surface area contributed by atoms with E-state index in [1.165, 1.54) is 31.7 Å². The SMILES string of the molecule is CNC(=O)c1cc(NC(=O)C(C)(C)N2CCCCC2)ccc1F. The molecule has 126 valence electrons. The van der Waals surface area contributed by atoms with Gasteiger partial charge in [0.25, 0.3) is 5.91 Å². The summed E-state index contributed by atoms with van der Waals surface area (Å²) < 4.78 is 13.7. The van der Waals surface area contributed by atoms with Gasteiger partial charge in [-0.2, -0.15) is 0 Å². The number of nitrogens with zero attached hydrogens (tertiary/aromatic N) is 1. The zero-order valence-corrected chi connectivity index (χ0v) is 13.9. The summed E-state index contributed by atoms with van der Waals surface area (Å²) in [6.07, 6.45) is 3.38. The predicted molar refractivity (Wildman–Crippen MR) is 87.9 cm³/mol. The number of benzene rings is 1. The Labute approximate surface area is 136 Å². The second-order valence-corrected chi connectivity index (χ2v) is 6.33. The molecule has 0 saturated carbocycles. The minimum atomic E-state index is -0.651. The molecular formula is C17H24FN3O2. The molecule has 0 radical (unpaired) electrons. The van der Waals surface area contributed by atoms with Crippen LogP contribution in [0.15, 0.2) is 18.2 Å². The topological polar surface area (TPSA) is 61.4 Å². The molecule has 1 aromatic carbocycles. The van der Waals surface area contributed by atoms with Crippen molar-refractivity contribution in [3.05, 3.63) is 29.6 Å². The Hall–Kier alpha value is -1.95. The van der Waals surface area contributed by atoms with Crippen LogP contribution in [0.2, 0.25) is 0 Å². The average molecular weight is 321 g/mol. The molecule has 1 fully saturated rings. The Balaban J connectivity index is 2.14. The number of halogens is 1. The third-order valence-electron chi connectivity index (χ3n) is 4.40. The Morgan fingerprint density at radius 3 is 2.43 bits per heavy atom. The smallest absolute Gasteiger partial charge is 0.254 e. The summed E-state index contributed by atoms with van der Waals surface area (Å²) in [7, 11) is 1.44. The van der Waals surface area contributed by atoms with Crippen LogP contribution in [0, 0.1) is 5.82 Å². The van der Waals surface area contributed by atoms with Gasteiger partial charge >= 0.3 is 0 Å². The van der Waals surface area contributed by atoms with Crippen molar-refractivity contribution in [2.24, 2.45) is 0 Å². The fourth-order valence-corrected chi connectivity index (χ4v) is 2.79. The first-order valence-electron chi connectivity index (χ1n) is 7.94. The molecule has 6 heteroatoms. The maximum atomic E-state index is 13.7. The number of nitrogens with one attached hydrogen (secondary N) is 2. The minimum absolute atomic E-state index is 0.0823. The predicted octanol–water partition coefficient (Wildman–Crippen LogP) is 2.39. The van der Waals surface area contributed by atoms with E-state index in [0.717, 1.165) is 25.9 Å². The molecule has 23 heavy (non-hydrogen) atoms. The largest absolute Gasteiger partial charge is 0.355 e. The third kappa shape index (κ3) is 3.88. The van der Waals surface area contributed by atoms with E-state index in [4.69, 9.17) is 0 Å². The number of rotatable bonds is 4. The highest BCUT2D eigenvalue weighted by molar-refractivity contribution is 6.00. The molecule has 2 rings (SSSR count). The second-order valence-electron chi connectivity index (χ2n) is 6.33. The van der Waals surface area contributed by atoms with E-state index >= 15 is 0 Å². The van der Waals surface area contributed by atoms with E-state index in [1.807, 2.05) is 13.8 Å². The maximum absolute atomic E-state index is 13.7. The summed E-state index contributed by atoms with van der Waals surface area (Å²) >= 11 is 0. The Kier molecular flexibility index (Phi) is 5.36. The van der Waals surface area contributed by atoms with E-state index in [1.54, 1.807) is 0 Å². The van der Waals surface area contributed by atoms with Crippen LogP contribution in [0.3, 0.4) is 0 Å². The highest BCUT2D eigenvalue weighted by atomic mass is 19.1. The number of likely N-dealkylation sites (tertiary alicyclic amines) is 1. The van der Waals surface area contributed by atoms with E-state index < -0.39 is 17.3 Å². The van der Waals surface area contributed by atoms with Gasteiger partial charge in [0.05, 0.1) is 11.1 Å². The molecule has 1 aliphatic heterocycles. The number of piperidine rings is 1. The summed E-state index contributed by atoms with van der Waals surface area (Å²) in [6.45, 7) is 5.56. The normalized spacial score (nSPS) is 16.0. The van der Waals surface area contributed by atoms with Crippen LogP contribution in [-0.2, 0) is 4.79 Å². The van der Waals surface area contributed by atoms with Crippen molar-refractivity contribution < 1.29 is 14.0 Å². The van der Waals surface area contributed by atoms with E-state index in [2.05, 4.69) is 15.5 Å². The lowest BCUT2D eigenvalue weighted by Crippen LogP contribution is -2.54. The zero-order valence-electron chi connectivity index (χ0n) is 13.9. The molecule has 1 heterocycles. The quantitative estimate of drug-likeness (QED) is 0.895. The number of hydrogen-bond acceptors (Lipinski definition) is 3. The molecule has 1 aliphatic rings. The average Bonchev–Trinajstić information content (AvgIpc) is 2.56. The van der Waals surface area contributed by atoms with Gasteiger partial charge in [0, 0.05) is 12.7 Å². The van der Waals surface area contributed by atoms with Crippen LogP contribution in [0.4, 0.5) is 10.1 Å². The first-order chi connectivity index (χ1) is 10.9. The number of carbonyl (C=O) groups excluding carboxylic acids is 2. The van der Waals surface area contributed by atoms with Crippen LogP contribution in [0.5, 0.6) is 0 Å². The van der Waals surface area contributed by atoms with Gasteiger partial charge in [-0.3, -0.25) is 14.5 Å². The number of carbonyl (C=O) groups is 2. The highest BCUT2D eigenvalue weighted by Gasteiger charge is 2.35. The molecule has 0 aliphatic carbocycles. The monoisotopic (exact) mass is 321 g/mol. The fourth-order valence-electron chi connectivity index (χ4n) is 2.79. The lowest BCUT2D eigenvalue weighted by atomic mass is 9.97. The summed E-state index contributed by atoms with van der Waals surface area (Å²) in [6, 6.07) is 4.01. The van der Waals surface area contributed by atoms with Crippen LogP contribution >= 0.6 is 0 Å². The van der Waals surface area contributed by atoms with Crippen molar-refractivity contribution in [1.29, 1.82) is 0 Å². The van der Waals surface area contributed by atoms with Crippen LogP contribution in [0.25, 0.3) is 0 Å². The molecule has 0 aromatic heterocycles. The van der Waals surface area contributed by atoms with Crippen LogP contribution in [-0.4, -0.2) is 42.4 Å². The van der Waals surface area contributed by atoms with Crippen molar-refractivity contribution in [1.82, 2.24) is 10.2 Å². The highest BCUT2D eigenvalue weighted by Crippen LogP contribution is 2.23. The van der Waals surface area contributed by atoms with E-state index in [0.29, 0.717) is 5.69 Å². The number of amides is 2. The van der Waals surface area contributed by atoms with Crippen LogP contribution in [0.1, 0.15) is 43.5 Å². The lowest BCUT2D eigenvalue weighted by Gasteiger charge is -2.39. The number of hydrogen-bond donors (Lipinski definition) is 2. The first kappa shape index (κ1) is 17.4. The van der Waals surface area contributed by atoms with Gasteiger partial charge in [-0.15, -0.1) is 0 Å². The van der Waals surface area contributed by atoms with Gasteiger partial charge in [-0.05, 0) is 58.0 Å². The van der Waals surface area contributed by atoms with Gasteiger partial charge in [-0.1, -0.05) is 6.42 Å². The van der Waals surface area contributed by atoms with E-state index in [9.17, 15) is 14.0 Å². The second kappa shape index (κ2) is 7.08. The van der Waals surface area contributed by atoms with Gasteiger partial charge in [0.1, 0.15) is 5.82 Å². The zero-order chi connectivity index (χ0) is 17.0.